The summed E-state index contributed by atoms with van der Waals surface area (Å²) in [6.45, 7) is 0. The van der Waals surface area contributed by atoms with Gasteiger partial charge < -0.3 is 10.4 Å². The van der Waals surface area contributed by atoms with Crippen molar-refractivity contribution in [2.45, 2.75) is 0 Å². The van der Waals surface area contributed by atoms with Gasteiger partial charge in [-0.1, -0.05) is 11.6 Å². The molecule has 1 heterocycles. The lowest BCUT2D eigenvalue weighted by molar-refractivity contribution is 0.0697. The molecule has 0 amide bonds. The molecule has 0 fully saturated rings. The first kappa shape index (κ1) is 13.8. The number of pyridine rings is 1. The first-order valence-corrected chi connectivity index (χ1v) is 5.75. The number of halogens is 2. The van der Waals surface area contributed by atoms with Crippen molar-refractivity contribution >= 4 is 29.1 Å². The van der Waals surface area contributed by atoms with E-state index in [1.165, 1.54) is 24.3 Å². The van der Waals surface area contributed by atoms with Crippen LogP contribution in [0, 0.1) is 17.1 Å². The second kappa shape index (κ2) is 5.55. The summed E-state index contributed by atoms with van der Waals surface area (Å²) in [4.78, 5) is 14.7. The topological polar surface area (TPSA) is 86.0 Å². The molecule has 20 heavy (non-hydrogen) atoms. The molecule has 0 saturated carbocycles. The zero-order valence-electron chi connectivity index (χ0n) is 9.89. The van der Waals surface area contributed by atoms with Gasteiger partial charge >= 0.3 is 5.97 Å². The quantitative estimate of drug-likeness (QED) is 0.848. The van der Waals surface area contributed by atoms with Crippen LogP contribution in [0.25, 0.3) is 0 Å². The van der Waals surface area contributed by atoms with Crippen LogP contribution in [0.3, 0.4) is 0 Å². The normalized spacial score (nSPS) is 9.85. The van der Waals surface area contributed by atoms with Gasteiger partial charge in [0.05, 0.1) is 22.9 Å². The highest BCUT2D eigenvalue weighted by atomic mass is 35.5. The number of hydrogen-bond acceptors (Lipinski definition) is 4. The van der Waals surface area contributed by atoms with Gasteiger partial charge in [0, 0.05) is 0 Å². The maximum Gasteiger partial charge on any atom is 0.335 e. The number of carbonyl (C=O) groups is 1. The molecule has 2 aromatic rings. The Hall–Kier alpha value is -2.65. The fourth-order valence-electron chi connectivity index (χ4n) is 1.51. The van der Waals surface area contributed by atoms with Gasteiger partial charge in [0.2, 0.25) is 0 Å². The smallest absolute Gasteiger partial charge is 0.335 e. The summed E-state index contributed by atoms with van der Waals surface area (Å²) in [5.74, 6) is -1.72. The second-order valence-corrected chi connectivity index (χ2v) is 4.19. The molecular weight excluding hydrogens is 285 g/mol. The van der Waals surface area contributed by atoms with Gasteiger partial charge in [-0.2, -0.15) is 5.26 Å². The van der Waals surface area contributed by atoms with E-state index in [0.717, 1.165) is 6.07 Å². The lowest BCUT2D eigenvalue weighted by Crippen LogP contribution is -2.02. The monoisotopic (exact) mass is 291 g/mol. The summed E-state index contributed by atoms with van der Waals surface area (Å²) >= 11 is 5.70. The Kier molecular flexibility index (Phi) is 3.82. The van der Waals surface area contributed by atoms with Gasteiger partial charge in [-0.05, 0) is 30.3 Å². The summed E-state index contributed by atoms with van der Waals surface area (Å²) < 4.78 is 13.7. The summed E-state index contributed by atoms with van der Waals surface area (Å²) in [5, 5.41) is 20.1. The molecule has 1 aromatic carbocycles. The predicted octanol–water partition coefficient (Wildman–Crippen LogP) is 3.19. The molecule has 2 rings (SSSR count). The molecule has 1 aromatic heterocycles. The van der Waals surface area contributed by atoms with Crippen LogP contribution in [0.1, 0.15) is 15.9 Å². The molecule has 0 bridgehead atoms. The van der Waals surface area contributed by atoms with Gasteiger partial charge in [-0.25, -0.2) is 14.2 Å². The highest BCUT2D eigenvalue weighted by Crippen LogP contribution is 2.22. The molecule has 5 nitrogen and oxygen atoms in total. The van der Waals surface area contributed by atoms with Crippen LogP contribution in [0.4, 0.5) is 15.9 Å². The van der Waals surface area contributed by atoms with Crippen LogP contribution < -0.4 is 5.32 Å². The molecule has 0 spiro atoms. The zero-order valence-corrected chi connectivity index (χ0v) is 10.6. The molecular formula is C13H7ClFN3O2. The Balaban J connectivity index is 2.35. The number of hydrogen-bond donors (Lipinski definition) is 2. The number of rotatable bonds is 3. The highest BCUT2D eigenvalue weighted by Gasteiger charge is 2.10. The van der Waals surface area contributed by atoms with Gasteiger partial charge in [-0.15, -0.1) is 0 Å². The van der Waals surface area contributed by atoms with E-state index in [2.05, 4.69) is 10.3 Å². The number of carboxylic acid groups (broad SMARTS) is 1. The van der Waals surface area contributed by atoms with E-state index in [4.69, 9.17) is 22.0 Å². The lowest BCUT2D eigenvalue weighted by atomic mass is 10.2. The average Bonchev–Trinajstić information content (AvgIpc) is 2.40. The van der Waals surface area contributed by atoms with E-state index in [1.54, 1.807) is 0 Å². The Morgan fingerprint density at radius 1 is 1.40 bits per heavy atom. The Morgan fingerprint density at radius 3 is 2.75 bits per heavy atom. The largest absolute Gasteiger partial charge is 0.478 e. The maximum atomic E-state index is 13.7. The number of anilines is 2. The minimum atomic E-state index is -1.17. The Morgan fingerprint density at radius 2 is 2.15 bits per heavy atom. The highest BCUT2D eigenvalue weighted by molar-refractivity contribution is 6.29. The molecule has 0 unspecified atom stereocenters. The maximum absolute atomic E-state index is 13.7. The third kappa shape index (κ3) is 3.02. The van der Waals surface area contributed by atoms with Crippen LogP contribution in [0.15, 0.2) is 30.3 Å². The van der Waals surface area contributed by atoms with Crippen LogP contribution in [0.2, 0.25) is 5.15 Å². The number of carboxylic acids is 1. The average molecular weight is 292 g/mol. The van der Waals surface area contributed by atoms with E-state index in [1.807, 2.05) is 6.07 Å². The van der Waals surface area contributed by atoms with Gasteiger partial charge in [0.25, 0.3) is 0 Å². The number of benzene rings is 1. The van der Waals surface area contributed by atoms with Crippen molar-refractivity contribution in [2.24, 2.45) is 0 Å². The number of nitrogens with one attached hydrogen (secondary N) is 1. The van der Waals surface area contributed by atoms with Crippen molar-refractivity contribution in [2.75, 3.05) is 5.32 Å². The summed E-state index contributed by atoms with van der Waals surface area (Å²) in [6.07, 6.45) is 0. The number of nitriles is 1. The minimum absolute atomic E-state index is 0.0264. The van der Waals surface area contributed by atoms with Crippen molar-refractivity contribution in [3.63, 3.8) is 0 Å². The minimum Gasteiger partial charge on any atom is -0.478 e. The van der Waals surface area contributed by atoms with E-state index >= 15 is 0 Å². The molecule has 0 atom stereocenters. The van der Waals surface area contributed by atoms with Crippen LogP contribution in [-0.2, 0) is 0 Å². The van der Waals surface area contributed by atoms with Gasteiger partial charge in [0.1, 0.15) is 16.8 Å². The molecule has 0 saturated heterocycles. The van der Waals surface area contributed by atoms with E-state index in [0.29, 0.717) is 0 Å². The molecule has 0 aliphatic carbocycles. The Labute approximate surface area is 118 Å². The molecule has 7 heteroatoms. The van der Waals surface area contributed by atoms with Crippen LogP contribution in [0.5, 0.6) is 0 Å². The van der Waals surface area contributed by atoms with Gasteiger partial charge in [-0.3, -0.25) is 0 Å². The number of aromatic nitrogens is 1. The fraction of sp³-hybridized carbons (Fsp3) is 0. The molecule has 100 valence electrons. The molecule has 0 aliphatic heterocycles. The summed E-state index contributed by atoms with van der Waals surface area (Å²) in [6, 6.07) is 8.07. The number of nitrogens with zero attached hydrogens (tertiary/aromatic N) is 2. The third-order valence-electron chi connectivity index (χ3n) is 2.40. The SMILES string of the molecule is N#Cc1ccc(Nc2cc(C(=O)O)cc(Cl)n2)c(F)c1. The first-order valence-electron chi connectivity index (χ1n) is 5.37. The standard InChI is InChI=1S/C13H7ClFN3O2/c14-11-4-8(13(19)20)5-12(18-11)17-10-2-1-7(6-16)3-9(10)15/h1-5H,(H,17,18)(H,19,20). The van der Waals surface area contributed by atoms with Crippen molar-refractivity contribution in [3.05, 3.63) is 52.4 Å². The van der Waals surface area contributed by atoms with Crippen molar-refractivity contribution in [1.82, 2.24) is 4.98 Å². The zero-order chi connectivity index (χ0) is 14.7. The van der Waals surface area contributed by atoms with Crippen LogP contribution >= 0.6 is 11.6 Å². The Bertz CT molecular complexity index is 728. The number of aromatic carboxylic acids is 1. The summed E-state index contributed by atoms with van der Waals surface area (Å²) in [7, 11) is 0. The third-order valence-corrected chi connectivity index (χ3v) is 2.60. The molecule has 0 radical (unpaired) electrons. The van der Waals surface area contributed by atoms with E-state index < -0.39 is 11.8 Å². The van der Waals surface area contributed by atoms with E-state index in [-0.39, 0.29) is 27.8 Å². The second-order valence-electron chi connectivity index (χ2n) is 3.80. The first-order chi connectivity index (χ1) is 9.49. The van der Waals surface area contributed by atoms with Crippen molar-refractivity contribution in [1.29, 1.82) is 5.26 Å². The van der Waals surface area contributed by atoms with Crippen LogP contribution in [-0.4, -0.2) is 16.1 Å². The van der Waals surface area contributed by atoms with Gasteiger partial charge in [0.15, 0.2) is 0 Å². The van der Waals surface area contributed by atoms with Crippen molar-refractivity contribution in [3.8, 4) is 6.07 Å². The fourth-order valence-corrected chi connectivity index (χ4v) is 1.72. The van der Waals surface area contributed by atoms with Crippen molar-refractivity contribution < 1.29 is 14.3 Å². The molecule has 0 aliphatic rings. The summed E-state index contributed by atoms with van der Waals surface area (Å²) in [5.41, 5.74) is 0.176. The predicted molar refractivity (Wildman–Crippen MR) is 70.6 cm³/mol. The van der Waals surface area contributed by atoms with E-state index in [9.17, 15) is 9.18 Å². The lowest BCUT2D eigenvalue weighted by Gasteiger charge is -2.08. The molecule has 2 N–H and O–H groups in total.